The monoisotopic (exact) mass is 318 g/mol. The van der Waals surface area contributed by atoms with Gasteiger partial charge in [0.05, 0.1) is 12.8 Å². The second-order valence-electron chi connectivity index (χ2n) is 7.87. The molecular formula is C18H26N2O3. The Morgan fingerprint density at radius 1 is 1.26 bits per heavy atom. The predicted octanol–water partition coefficient (Wildman–Crippen LogP) is 3.36. The quantitative estimate of drug-likeness (QED) is 0.592. The van der Waals surface area contributed by atoms with E-state index in [4.69, 9.17) is 9.57 Å². The fraction of sp³-hybridized carbons (Fsp3) is 0.778. The van der Waals surface area contributed by atoms with E-state index in [1.165, 1.54) is 26.4 Å². The highest BCUT2D eigenvalue weighted by Crippen LogP contribution is 2.57. The number of carbonyl (C=O) groups is 1. The van der Waals surface area contributed by atoms with Crippen molar-refractivity contribution in [1.82, 2.24) is 4.90 Å². The van der Waals surface area contributed by atoms with Crippen molar-refractivity contribution < 1.29 is 14.4 Å². The van der Waals surface area contributed by atoms with Crippen molar-refractivity contribution in [3.63, 3.8) is 0 Å². The van der Waals surface area contributed by atoms with Gasteiger partial charge in [0.1, 0.15) is 12.7 Å². The van der Waals surface area contributed by atoms with Crippen LogP contribution in [0.1, 0.15) is 44.9 Å². The van der Waals surface area contributed by atoms with Crippen LogP contribution in [0.15, 0.2) is 16.8 Å². The molecular weight excluding hydrogens is 292 g/mol. The number of oxime groups is 1. The maximum Gasteiger partial charge on any atom is 0.410 e. The molecule has 1 heterocycles. The van der Waals surface area contributed by atoms with Gasteiger partial charge in [0, 0.05) is 6.54 Å². The average Bonchev–Trinajstić information content (AvgIpc) is 2.51. The average molecular weight is 318 g/mol. The molecule has 5 heteroatoms. The van der Waals surface area contributed by atoms with Gasteiger partial charge in [0.25, 0.3) is 0 Å². The first-order chi connectivity index (χ1) is 11.2. The number of hydrogen-bond acceptors (Lipinski definition) is 4. The Kier molecular flexibility index (Phi) is 3.82. The Morgan fingerprint density at radius 2 is 1.91 bits per heavy atom. The minimum Gasteiger partial charge on any atom is -0.443 e. The Morgan fingerprint density at radius 3 is 2.52 bits per heavy atom. The van der Waals surface area contributed by atoms with Gasteiger partial charge >= 0.3 is 6.09 Å². The lowest BCUT2D eigenvalue weighted by Gasteiger charge is -2.55. The van der Waals surface area contributed by atoms with E-state index in [1.807, 2.05) is 4.90 Å². The van der Waals surface area contributed by atoms with Gasteiger partial charge in [-0.3, -0.25) is 0 Å². The first-order valence-electron chi connectivity index (χ1n) is 8.89. The van der Waals surface area contributed by atoms with E-state index in [2.05, 4.69) is 11.2 Å². The number of carbonyl (C=O) groups excluding carboxylic acids is 1. The summed E-state index contributed by atoms with van der Waals surface area (Å²) in [5, 5.41) is 3.80. The lowest BCUT2D eigenvalue weighted by molar-refractivity contribution is -0.133. The smallest absolute Gasteiger partial charge is 0.410 e. The molecule has 0 N–H and O–H groups in total. The zero-order valence-electron chi connectivity index (χ0n) is 13.9. The number of hydrogen-bond donors (Lipinski definition) is 0. The van der Waals surface area contributed by atoms with Crippen LogP contribution in [0.3, 0.4) is 0 Å². The number of amides is 1. The fourth-order valence-corrected chi connectivity index (χ4v) is 5.55. The van der Waals surface area contributed by atoms with Gasteiger partial charge in [-0.1, -0.05) is 11.2 Å². The molecule has 1 amide bonds. The highest BCUT2D eigenvalue weighted by atomic mass is 16.6. The molecule has 0 aromatic heterocycles. The molecule has 0 radical (unpaired) electrons. The van der Waals surface area contributed by atoms with Crippen LogP contribution < -0.4 is 0 Å². The molecule has 0 aromatic rings. The van der Waals surface area contributed by atoms with Gasteiger partial charge < -0.3 is 14.5 Å². The summed E-state index contributed by atoms with van der Waals surface area (Å²) in [7, 11) is 1.53. The SMILES string of the molecule is CO/N=C/C1=CCCN(C(=O)OC23CC4CC(CC(C4)C2)C3)C1. The normalized spacial score (nSPS) is 38.7. The first kappa shape index (κ1) is 15.0. The molecule has 0 aromatic carbocycles. The molecule has 0 atom stereocenters. The maximum absolute atomic E-state index is 12.7. The molecule has 126 valence electrons. The van der Waals surface area contributed by atoms with Crippen molar-refractivity contribution in [2.24, 2.45) is 22.9 Å². The summed E-state index contributed by atoms with van der Waals surface area (Å²) in [6.07, 6.45) is 11.9. The van der Waals surface area contributed by atoms with Crippen molar-refractivity contribution >= 4 is 12.3 Å². The molecule has 0 spiro atoms. The zero-order valence-corrected chi connectivity index (χ0v) is 13.9. The summed E-state index contributed by atoms with van der Waals surface area (Å²) in [4.78, 5) is 19.2. The van der Waals surface area contributed by atoms with Gasteiger partial charge in [-0.25, -0.2) is 4.79 Å². The Hall–Kier alpha value is -1.52. The van der Waals surface area contributed by atoms with Crippen LogP contribution in [-0.4, -0.2) is 43.0 Å². The van der Waals surface area contributed by atoms with Crippen LogP contribution in [0.2, 0.25) is 0 Å². The zero-order chi connectivity index (χ0) is 15.9. The summed E-state index contributed by atoms with van der Waals surface area (Å²) in [5.74, 6) is 2.37. The molecule has 5 rings (SSSR count). The third-order valence-corrected chi connectivity index (χ3v) is 6.05. The third-order valence-electron chi connectivity index (χ3n) is 6.05. The van der Waals surface area contributed by atoms with E-state index in [9.17, 15) is 4.79 Å². The Balaban J connectivity index is 1.40. The van der Waals surface area contributed by atoms with Crippen molar-refractivity contribution in [3.05, 3.63) is 11.6 Å². The summed E-state index contributed by atoms with van der Waals surface area (Å²) in [6, 6.07) is 0. The lowest BCUT2D eigenvalue weighted by atomic mass is 9.54. The predicted molar refractivity (Wildman–Crippen MR) is 87.2 cm³/mol. The van der Waals surface area contributed by atoms with Crippen molar-refractivity contribution in [3.8, 4) is 0 Å². The third kappa shape index (κ3) is 2.98. The molecule has 5 aliphatic rings. The van der Waals surface area contributed by atoms with Crippen LogP contribution >= 0.6 is 0 Å². The van der Waals surface area contributed by atoms with Gasteiger partial charge in [0.2, 0.25) is 0 Å². The highest BCUT2D eigenvalue weighted by Gasteiger charge is 2.53. The van der Waals surface area contributed by atoms with E-state index < -0.39 is 0 Å². The molecule has 4 saturated carbocycles. The van der Waals surface area contributed by atoms with E-state index in [1.54, 1.807) is 6.21 Å². The van der Waals surface area contributed by atoms with Crippen LogP contribution in [-0.2, 0) is 9.57 Å². The van der Waals surface area contributed by atoms with Crippen LogP contribution in [0.25, 0.3) is 0 Å². The van der Waals surface area contributed by atoms with Crippen molar-refractivity contribution in [1.29, 1.82) is 0 Å². The molecule has 0 saturated heterocycles. The number of nitrogens with zero attached hydrogens (tertiary/aromatic N) is 2. The van der Waals surface area contributed by atoms with Crippen LogP contribution in [0.5, 0.6) is 0 Å². The Bertz CT molecular complexity index is 505. The highest BCUT2D eigenvalue weighted by molar-refractivity contribution is 5.80. The van der Waals surface area contributed by atoms with Crippen molar-refractivity contribution in [2.75, 3.05) is 20.2 Å². The molecule has 1 aliphatic heterocycles. The van der Waals surface area contributed by atoms with Gasteiger partial charge in [-0.2, -0.15) is 0 Å². The van der Waals surface area contributed by atoms with Crippen molar-refractivity contribution in [2.45, 2.75) is 50.5 Å². The summed E-state index contributed by atoms with van der Waals surface area (Å²) in [6.45, 7) is 1.30. The standard InChI is InChI=1S/C18H26N2O3/c1-22-19-11-13-3-2-4-20(12-13)17(21)23-18-8-14-5-15(9-18)7-16(6-14)10-18/h3,11,14-16H,2,4-10,12H2,1H3/b19-11+. The molecule has 23 heavy (non-hydrogen) atoms. The van der Waals surface area contributed by atoms with E-state index >= 15 is 0 Å². The summed E-state index contributed by atoms with van der Waals surface area (Å²) >= 11 is 0. The summed E-state index contributed by atoms with van der Waals surface area (Å²) in [5.41, 5.74) is 0.855. The van der Waals surface area contributed by atoms with Gasteiger partial charge in [0.15, 0.2) is 0 Å². The Labute approximate surface area is 137 Å². The van der Waals surface area contributed by atoms with E-state index in [0.29, 0.717) is 6.54 Å². The fourth-order valence-electron chi connectivity index (χ4n) is 5.55. The van der Waals surface area contributed by atoms with Crippen LogP contribution in [0, 0.1) is 17.8 Å². The molecule has 4 aliphatic carbocycles. The van der Waals surface area contributed by atoms with Gasteiger partial charge in [-0.15, -0.1) is 0 Å². The maximum atomic E-state index is 12.7. The second-order valence-corrected chi connectivity index (χ2v) is 7.87. The van der Waals surface area contributed by atoms with E-state index in [-0.39, 0.29) is 11.7 Å². The molecule has 4 bridgehead atoms. The number of rotatable bonds is 3. The molecule has 5 nitrogen and oxygen atoms in total. The van der Waals surface area contributed by atoms with E-state index in [0.717, 1.165) is 55.6 Å². The molecule has 4 fully saturated rings. The summed E-state index contributed by atoms with van der Waals surface area (Å²) < 4.78 is 6.13. The van der Waals surface area contributed by atoms with Crippen LogP contribution in [0.4, 0.5) is 4.79 Å². The lowest BCUT2D eigenvalue weighted by Crippen LogP contribution is -2.54. The first-order valence-corrected chi connectivity index (χ1v) is 8.89. The second kappa shape index (κ2) is 5.84. The topological polar surface area (TPSA) is 51.1 Å². The largest absolute Gasteiger partial charge is 0.443 e. The van der Waals surface area contributed by atoms with Gasteiger partial charge in [-0.05, 0) is 68.3 Å². The number of ether oxygens (including phenoxy) is 1. The minimum atomic E-state index is -0.159. The molecule has 0 unspecified atom stereocenters. The minimum absolute atomic E-state index is 0.136.